The Morgan fingerprint density at radius 3 is 2.61 bits per heavy atom. The largest absolute Gasteiger partial charge is 0.490 e. The molecule has 2 aliphatic carbocycles. The van der Waals surface area contributed by atoms with Gasteiger partial charge in [0.05, 0.1) is 17.5 Å². The van der Waals surface area contributed by atoms with Crippen LogP contribution in [0.1, 0.15) is 94.6 Å². The van der Waals surface area contributed by atoms with E-state index >= 15 is 0 Å². The van der Waals surface area contributed by atoms with E-state index in [1.54, 1.807) is 20.1 Å². The normalized spacial score (nSPS) is 30.3. The highest BCUT2D eigenvalue weighted by Gasteiger charge is 2.49. The molecule has 2 heterocycles. The molecule has 0 saturated heterocycles. The minimum Gasteiger partial charge on any atom is -0.490 e. The number of hydrogen-bond acceptors (Lipinski definition) is 7. The smallest absolute Gasteiger partial charge is 0.264 e. The zero-order valence-corrected chi connectivity index (χ0v) is 36.0. The molecule has 2 aliphatic heterocycles. The van der Waals surface area contributed by atoms with Gasteiger partial charge in [-0.25, -0.2) is 13.1 Å². The molecule has 8 nitrogen and oxygen atoms in total. The molecule has 294 valence electrons. The van der Waals surface area contributed by atoms with Gasteiger partial charge in [0.15, 0.2) is 8.32 Å². The maximum atomic E-state index is 13.6. The van der Waals surface area contributed by atoms with Crippen molar-refractivity contribution in [2.75, 3.05) is 38.3 Å². The van der Waals surface area contributed by atoms with E-state index in [0.29, 0.717) is 44.9 Å². The average molecular weight is 796 g/mol. The first-order valence-corrected chi connectivity index (χ1v) is 24.5. The van der Waals surface area contributed by atoms with E-state index in [0.717, 1.165) is 42.8 Å². The predicted octanol–water partition coefficient (Wildman–Crippen LogP) is 8.68. The van der Waals surface area contributed by atoms with Crippen LogP contribution in [0.2, 0.25) is 23.2 Å². The van der Waals surface area contributed by atoms with Crippen LogP contribution in [0.3, 0.4) is 0 Å². The number of halogens is 1. The molecule has 6 rings (SSSR count). The molecule has 0 unspecified atom stereocenters. The van der Waals surface area contributed by atoms with E-state index < -0.39 is 35.1 Å². The van der Waals surface area contributed by atoms with Crippen molar-refractivity contribution in [1.29, 1.82) is 0 Å². The maximum Gasteiger partial charge on any atom is 0.264 e. The van der Waals surface area contributed by atoms with E-state index in [1.807, 2.05) is 31.2 Å². The van der Waals surface area contributed by atoms with E-state index in [1.165, 1.54) is 11.1 Å². The average Bonchev–Trinajstić information content (AvgIpc) is 3.24. The second-order valence-electron chi connectivity index (χ2n) is 17.7. The number of fused-ring (bicyclic) bond motifs is 4. The molecule has 1 amide bonds. The summed E-state index contributed by atoms with van der Waals surface area (Å²) in [7, 11) is -4.15. The van der Waals surface area contributed by atoms with Crippen LogP contribution in [0.5, 0.6) is 5.75 Å². The molecule has 6 atom stereocenters. The number of carbonyl (C=O) groups is 1. The van der Waals surface area contributed by atoms with E-state index in [-0.39, 0.29) is 33.8 Å². The first kappa shape index (κ1) is 40.8. The van der Waals surface area contributed by atoms with Crippen molar-refractivity contribution in [3.8, 4) is 17.6 Å². The Morgan fingerprint density at radius 2 is 1.91 bits per heavy atom. The Bertz CT molecular complexity index is 1930. The van der Waals surface area contributed by atoms with E-state index in [4.69, 9.17) is 25.5 Å². The summed E-state index contributed by atoms with van der Waals surface area (Å²) in [6.07, 6.45) is 10.1. The van der Waals surface area contributed by atoms with Crippen molar-refractivity contribution >= 4 is 41.5 Å². The summed E-state index contributed by atoms with van der Waals surface area (Å²) < 4.78 is 49.1. The third-order valence-electron chi connectivity index (χ3n) is 13.2. The highest BCUT2D eigenvalue weighted by atomic mass is 35.5. The van der Waals surface area contributed by atoms with Crippen molar-refractivity contribution < 1.29 is 27.1 Å². The van der Waals surface area contributed by atoms with Crippen molar-refractivity contribution in [2.24, 2.45) is 17.8 Å². The van der Waals surface area contributed by atoms with Crippen LogP contribution in [0.15, 0.2) is 48.6 Å². The predicted molar refractivity (Wildman–Crippen MR) is 220 cm³/mol. The number of ether oxygens (including phenoxy) is 2. The summed E-state index contributed by atoms with van der Waals surface area (Å²) >= 11 is 6.49. The molecule has 1 spiro atoms. The highest BCUT2D eigenvalue weighted by molar-refractivity contribution is 7.90. The number of carbonyl (C=O) groups excluding carboxylic acids is 1. The summed E-state index contributed by atoms with van der Waals surface area (Å²) in [5.74, 6) is 7.17. The second kappa shape index (κ2) is 15.6. The minimum absolute atomic E-state index is 0.101. The van der Waals surface area contributed by atoms with Crippen LogP contribution >= 0.6 is 11.6 Å². The van der Waals surface area contributed by atoms with Crippen LogP contribution in [0, 0.1) is 29.6 Å². The first-order chi connectivity index (χ1) is 25.4. The monoisotopic (exact) mass is 794 g/mol. The lowest BCUT2D eigenvalue weighted by atomic mass is 9.64. The second-order valence-corrected chi connectivity index (χ2v) is 25.0. The molecule has 1 N–H and O–H groups in total. The van der Waals surface area contributed by atoms with Crippen molar-refractivity contribution in [1.82, 2.24) is 4.72 Å². The van der Waals surface area contributed by atoms with Gasteiger partial charge < -0.3 is 18.8 Å². The molecule has 54 heavy (non-hydrogen) atoms. The van der Waals surface area contributed by atoms with Gasteiger partial charge in [-0.1, -0.05) is 63.3 Å². The number of rotatable bonds is 4. The number of benzene rings is 2. The summed E-state index contributed by atoms with van der Waals surface area (Å²) in [4.78, 5) is 16.0. The first-order valence-electron chi connectivity index (χ1n) is 19.6. The van der Waals surface area contributed by atoms with Crippen molar-refractivity contribution in [3.05, 3.63) is 70.3 Å². The number of aryl methyl sites for hydroxylation is 1. The number of methoxy groups -OCH3 is 1. The van der Waals surface area contributed by atoms with Gasteiger partial charge in [-0.05, 0) is 123 Å². The quantitative estimate of drug-likeness (QED) is 0.143. The zero-order chi connectivity index (χ0) is 39.1. The number of amides is 1. The van der Waals surface area contributed by atoms with Crippen LogP contribution in [0.4, 0.5) is 5.69 Å². The molecular weight excluding hydrogens is 736 g/mol. The van der Waals surface area contributed by atoms with E-state index in [9.17, 15) is 13.2 Å². The fourth-order valence-electron chi connectivity index (χ4n) is 8.43. The zero-order valence-electron chi connectivity index (χ0n) is 33.4. The third-order valence-corrected chi connectivity index (χ3v) is 19.9. The van der Waals surface area contributed by atoms with Gasteiger partial charge >= 0.3 is 0 Å². The summed E-state index contributed by atoms with van der Waals surface area (Å²) in [6, 6.07) is 11.5. The molecule has 4 aliphatic rings. The Labute approximate surface area is 329 Å². The Kier molecular flexibility index (Phi) is 11.8. The Hall–Kier alpha value is -2.81. The van der Waals surface area contributed by atoms with Gasteiger partial charge in [0.2, 0.25) is 10.0 Å². The number of allylic oxidation sites excluding steroid dienone is 1. The Balaban J connectivity index is 1.40. The van der Waals surface area contributed by atoms with Crippen LogP contribution in [-0.4, -0.2) is 66.9 Å². The van der Waals surface area contributed by atoms with Gasteiger partial charge in [-0.2, -0.15) is 0 Å². The fourth-order valence-corrected chi connectivity index (χ4v) is 11.0. The number of hydrogen-bond donors (Lipinski definition) is 1. The van der Waals surface area contributed by atoms with Gasteiger partial charge in [-0.3, -0.25) is 4.79 Å². The number of nitrogens with zero attached hydrogens (tertiary/aromatic N) is 1. The summed E-state index contributed by atoms with van der Waals surface area (Å²) in [5, 5.41) is 0.0370. The molecule has 1 saturated carbocycles. The Morgan fingerprint density at radius 1 is 1.13 bits per heavy atom. The van der Waals surface area contributed by atoms with Crippen LogP contribution in [-0.2, 0) is 31.0 Å². The number of sulfonamides is 1. The lowest BCUT2D eigenvalue weighted by molar-refractivity contribution is -0.0351. The lowest BCUT2D eigenvalue weighted by Crippen LogP contribution is -2.52. The molecule has 11 heteroatoms. The standard InChI is InChI=1S/C43H59ClN2O6SSi/c1-30-13-11-23-43(50-6,22-9-10-24-52-54(7,8)41(3,4)5)37-18-15-34(37)27-46-28-42(21-12-14-32-25-35(44)17-19-36(32)42)29-51-39-20-16-33(26-38(39)46)40(47)45-53(48,49)31(30)2/h11,16-17,19-20,23,25-26,30-31,34,37H,10,12-15,18,21,24,27-29H2,1-8H3,(H,45,47)/b23-11+/t30-,31+,34-,37+,42-,43+/m0/s1. The molecule has 2 aromatic rings. The van der Waals surface area contributed by atoms with E-state index in [2.05, 4.69) is 73.5 Å². The molecule has 0 aromatic heterocycles. The molecule has 0 radical (unpaired) electrons. The van der Waals surface area contributed by atoms with Crippen LogP contribution < -0.4 is 14.4 Å². The van der Waals surface area contributed by atoms with Crippen molar-refractivity contribution in [3.63, 3.8) is 0 Å². The minimum atomic E-state index is -3.98. The molecule has 2 aromatic carbocycles. The number of anilines is 1. The maximum absolute atomic E-state index is 13.6. The van der Waals surface area contributed by atoms with Gasteiger partial charge in [0, 0.05) is 55.1 Å². The fraction of sp³-hybridized carbons (Fsp3) is 0.605. The third kappa shape index (κ3) is 8.18. The molecule has 1 fully saturated rings. The van der Waals surface area contributed by atoms with Gasteiger partial charge in [0.1, 0.15) is 11.4 Å². The SMILES string of the molecule is CO[C@]1(C#CCCO[Si](C)(C)C(C)(C)C)/C=C/C[C@H](C)[C@@H](C)S(=O)(=O)NC(=O)c2ccc3c(c2)N(C[C@@H]2CC[C@H]21)C[C@@]1(CCCc2cc(Cl)ccc21)CO3. The number of nitrogens with one attached hydrogen (secondary N) is 1. The van der Waals surface area contributed by atoms with Gasteiger partial charge in [-0.15, -0.1) is 0 Å². The molecular formula is C43H59ClN2O6SSi. The summed E-state index contributed by atoms with van der Waals surface area (Å²) in [5.41, 5.74) is 2.44. The highest BCUT2D eigenvalue weighted by Crippen LogP contribution is 2.49. The lowest BCUT2D eigenvalue weighted by Gasteiger charge is -2.48. The molecule has 2 bridgehead atoms. The summed E-state index contributed by atoms with van der Waals surface area (Å²) in [6.45, 7) is 17.2. The topological polar surface area (TPSA) is 94.2 Å². The van der Waals surface area contributed by atoms with Gasteiger partial charge in [0.25, 0.3) is 5.91 Å². The van der Waals surface area contributed by atoms with Crippen LogP contribution in [0.25, 0.3) is 0 Å². The van der Waals surface area contributed by atoms with Crippen molar-refractivity contribution in [2.45, 2.75) is 114 Å².